The molecule has 0 aliphatic carbocycles. The molecule has 0 aliphatic rings. The topological polar surface area (TPSA) is 22.8 Å². The molecule has 1 aromatic carbocycles. The molecule has 3 rings (SSSR count). The van der Waals surface area contributed by atoms with E-state index in [2.05, 4.69) is 60.9 Å². The van der Waals surface area contributed by atoms with Gasteiger partial charge in [-0.2, -0.15) is 5.10 Å². The lowest BCUT2D eigenvalue weighted by Gasteiger charge is -2.04. The maximum absolute atomic E-state index is 4.66. The summed E-state index contributed by atoms with van der Waals surface area (Å²) in [7, 11) is 2.00. The molecular formula is C16H19N3. The Morgan fingerprint density at radius 1 is 1.11 bits per heavy atom. The van der Waals surface area contributed by atoms with Crippen molar-refractivity contribution in [2.75, 3.05) is 0 Å². The molecule has 0 spiro atoms. The molecule has 2 aromatic heterocycles. The number of para-hydroxylation sites is 1. The van der Waals surface area contributed by atoms with Crippen LogP contribution in [0.2, 0.25) is 0 Å². The monoisotopic (exact) mass is 253 g/mol. The molecule has 0 saturated heterocycles. The van der Waals surface area contributed by atoms with Crippen LogP contribution in [0.4, 0.5) is 0 Å². The molecule has 3 aromatic rings. The molecule has 0 fully saturated rings. The maximum atomic E-state index is 4.66. The van der Waals surface area contributed by atoms with Crippen molar-refractivity contribution in [2.45, 2.75) is 27.3 Å². The molecule has 0 aliphatic heterocycles. The van der Waals surface area contributed by atoms with Crippen molar-refractivity contribution in [1.29, 1.82) is 0 Å². The first-order chi connectivity index (χ1) is 9.08. The summed E-state index contributed by atoms with van der Waals surface area (Å²) in [4.78, 5) is 0. The predicted octanol–water partition coefficient (Wildman–Crippen LogP) is 3.35. The van der Waals surface area contributed by atoms with Crippen LogP contribution < -0.4 is 0 Å². The molecule has 3 heteroatoms. The Bertz CT molecular complexity index is 747. The Balaban J connectivity index is 2.08. The van der Waals surface area contributed by atoms with Gasteiger partial charge in [0, 0.05) is 24.3 Å². The van der Waals surface area contributed by atoms with Gasteiger partial charge in [0.1, 0.15) is 0 Å². The fraction of sp³-hybridized carbons (Fsp3) is 0.312. The van der Waals surface area contributed by atoms with Gasteiger partial charge in [-0.05, 0) is 38.0 Å². The lowest BCUT2D eigenvalue weighted by molar-refractivity contribution is 0.708. The number of nitrogens with zero attached hydrogens (tertiary/aromatic N) is 3. The van der Waals surface area contributed by atoms with Crippen LogP contribution in [0.25, 0.3) is 10.9 Å². The number of hydrogen-bond donors (Lipinski definition) is 0. The smallest absolute Gasteiger partial charge is 0.0900 e. The van der Waals surface area contributed by atoms with Crippen LogP contribution in [0.3, 0.4) is 0 Å². The third kappa shape index (κ3) is 1.86. The molecule has 0 unspecified atom stereocenters. The molecule has 0 saturated carbocycles. The van der Waals surface area contributed by atoms with E-state index in [9.17, 15) is 0 Å². The standard InChI is InChI=1S/C16H19N3/c1-11-9-19(13(3)12(11)2)10-15-14-7-5-6-8-16(14)18(4)17-15/h5-9H,10H2,1-4H3. The Morgan fingerprint density at radius 3 is 2.53 bits per heavy atom. The number of fused-ring (bicyclic) bond motifs is 1. The highest BCUT2D eigenvalue weighted by Crippen LogP contribution is 2.21. The Kier molecular flexibility index (Phi) is 2.70. The number of aromatic nitrogens is 3. The van der Waals surface area contributed by atoms with Crippen molar-refractivity contribution in [1.82, 2.24) is 14.3 Å². The lowest BCUT2D eigenvalue weighted by Crippen LogP contribution is -2.02. The van der Waals surface area contributed by atoms with Crippen molar-refractivity contribution in [3.8, 4) is 0 Å². The largest absolute Gasteiger partial charge is 0.345 e. The van der Waals surface area contributed by atoms with E-state index in [-0.39, 0.29) is 0 Å². The second kappa shape index (κ2) is 4.26. The SMILES string of the molecule is Cc1cn(Cc2nn(C)c3ccccc23)c(C)c1C. The minimum atomic E-state index is 0.835. The first-order valence-corrected chi connectivity index (χ1v) is 6.61. The summed E-state index contributed by atoms with van der Waals surface area (Å²) < 4.78 is 4.25. The molecule has 0 bridgehead atoms. The molecule has 3 nitrogen and oxygen atoms in total. The number of rotatable bonds is 2. The third-order valence-electron chi connectivity index (χ3n) is 4.07. The molecule has 0 amide bonds. The summed E-state index contributed by atoms with van der Waals surface area (Å²) in [5.74, 6) is 0. The van der Waals surface area contributed by atoms with Gasteiger partial charge in [-0.15, -0.1) is 0 Å². The minimum absolute atomic E-state index is 0.835. The summed E-state index contributed by atoms with van der Waals surface area (Å²) in [5.41, 5.74) is 6.37. The van der Waals surface area contributed by atoms with E-state index in [1.165, 1.54) is 27.7 Å². The zero-order valence-electron chi connectivity index (χ0n) is 11.9. The second-order valence-corrected chi connectivity index (χ2v) is 5.24. The van der Waals surface area contributed by atoms with Crippen LogP contribution in [0.15, 0.2) is 30.5 Å². The van der Waals surface area contributed by atoms with E-state index in [4.69, 9.17) is 0 Å². The van der Waals surface area contributed by atoms with Crippen LogP contribution in [-0.4, -0.2) is 14.3 Å². The summed E-state index contributed by atoms with van der Waals surface area (Å²) >= 11 is 0. The van der Waals surface area contributed by atoms with Crippen LogP contribution in [0, 0.1) is 20.8 Å². The van der Waals surface area contributed by atoms with Crippen LogP contribution in [0.1, 0.15) is 22.5 Å². The third-order valence-corrected chi connectivity index (χ3v) is 4.07. The first-order valence-electron chi connectivity index (χ1n) is 6.61. The zero-order valence-corrected chi connectivity index (χ0v) is 11.9. The van der Waals surface area contributed by atoms with E-state index in [1.807, 2.05) is 11.7 Å². The van der Waals surface area contributed by atoms with Crippen molar-refractivity contribution in [2.24, 2.45) is 7.05 Å². The highest BCUT2D eigenvalue weighted by Gasteiger charge is 2.11. The second-order valence-electron chi connectivity index (χ2n) is 5.24. The Morgan fingerprint density at radius 2 is 1.84 bits per heavy atom. The van der Waals surface area contributed by atoms with Gasteiger partial charge in [-0.25, -0.2) is 0 Å². The van der Waals surface area contributed by atoms with E-state index in [0.29, 0.717) is 0 Å². The Hall–Kier alpha value is -2.03. The van der Waals surface area contributed by atoms with Crippen LogP contribution in [0.5, 0.6) is 0 Å². The number of aryl methyl sites for hydroxylation is 2. The molecular weight excluding hydrogens is 234 g/mol. The molecule has 0 atom stereocenters. The van der Waals surface area contributed by atoms with Gasteiger partial charge in [-0.3, -0.25) is 4.68 Å². The average molecular weight is 253 g/mol. The summed E-state index contributed by atoms with van der Waals surface area (Å²) in [6.07, 6.45) is 2.22. The fourth-order valence-corrected chi connectivity index (χ4v) is 2.66. The van der Waals surface area contributed by atoms with Gasteiger partial charge in [0.15, 0.2) is 0 Å². The summed E-state index contributed by atoms with van der Waals surface area (Å²) in [6, 6.07) is 8.40. The van der Waals surface area contributed by atoms with Gasteiger partial charge in [-0.1, -0.05) is 18.2 Å². The maximum Gasteiger partial charge on any atom is 0.0900 e. The van der Waals surface area contributed by atoms with Gasteiger partial charge in [0.25, 0.3) is 0 Å². The van der Waals surface area contributed by atoms with Crippen molar-refractivity contribution in [3.05, 3.63) is 53.0 Å². The van der Waals surface area contributed by atoms with Crippen LogP contribution in [-0.2, 0) is 13.6 Å². The van der Waals surface area contributed by atoms with Crippen molar-refractivity contribution >= 4 is 10.9 Å². The van der Waals surface area contributed by atoms with Crippen LogP contribution >= 0.6 is 0 Å². The molecule has 0 radical (unpaired) electrons. The number of hydrogen-bond acceptors (Lipinski definition) is 1. The van der Waals surface area contributed by atoms with Gasteiger partial charge in [0.2, 0.25) is 0 Å². The average Bonchev–Trinajstić information content (AvgIpc) is 2.84. The van der Waals surface area contributed by atoms with Gasteiger partial charge >= 0.3 is 0 Å². The van der Waals surface area contributed by atoms with E-state index < -0.39 is 0 Å². The van der Waals surface area contributed by atoms with Crippen molar-refractivity contribution < 1.29 is 0 Å². The lowest BCUT2D eigenvalue weighted by atomic mass is 10.2. The quantitative estimate of drug-likeness (QED) is 0.686. The predicted molar refractivity (Wildman–Crippen MR) is 78.5 cm³/mol. The summed E-state index contributed by atoms with van der Waals surface area (Å²) in [5, 5.41) is 5.90. The highest BCUT2D eigenvalue weighted by molar-refractivity contribution is 5.81. The molecule has 19 heavy (non-hydrogen) atoms. The van der Waals surface area contributed by atoms with E-state index in [1.54, 1.807) is 0 Å². The summed E-state index contributed by atoms with van der Waals surface area (Å²) in [6.45, 7) is 7.35. The number of benzene rings is 1. The minimum Gasteiger partial charge on any atom is -0.345 e. The van der Waals surface area contributed by atoms with E-state index >= 15 is 0 Å². The molecule has 2 heterocycles. The zero-order chi connectivity index (χ0) is 13.6. The Labute approximate surface area is 113 Å². The van der Waals surface area contributed by atoms with Crippen molar-refractivity contribution in [3.63, 3.8) is 0 Å². The molecule has 98 valence electrons. The first kappa shape index (κ1) is 12.0. The fourth-order valence-electron chi connectivity index (χ4n) is 2.66. The molecule has 0 N–H and O–H groups in total. The van der Waals surface area contributed by atoms with Gasteiger partial charge < -0.3 is 4.57 Å². The van der Waals surface area contributed by atoms with E-state index in [0.717, 1.165) is 12.2 Å². The normalized spacial score (nSPS) is 11.4. The highest BCUT2D eigenvalue weighted by atomic mass is 15.3. The van der Waals surface area contributed by atoms with Gasteiger partial charge in [0.05, 0.1) is 17.8 Å².